The summed E-state index contributed by atoms with van der Waals surface area (Å²) in [7, 11) is 0. The van der Waals surface area contributed by atoms with Crippen LogP contribution in [0.4, 0.5) is 0 Å². The summed E-state index contributed by atoms with van der Waals surface area (Å²) in [5.74, 6) is -1.27. The van der Waals surface area contributed by atoms with Crippen LogP contribution in [0.15, 0.2) is 36.4 Å². The van der Waals surface area contributed by atoms with Gasteiger partial charge in [-0.1, -0.05) is 35.3 Å². The second kappa shape index (κ2) is 9.94. The Balaban J connectivity index is 1.79. The van der Waals surface area contributed by atoms with Gasteiger partial charge in [-0.2, -0.15) is 0 Å². The van der Waals surface area contributed by atoms with Gasteiger partial charge >= 0.3 is 11.9 Å². The van der Waals surface area contributed by atoms with Crippen molar-refractivity contribution < 1.29 is 19.1 Å². The fourth-order valence-corrected chi connectivity index (χ4v) is 3.87. The Hall–Kier alpha value is -0.580. The summed E-state index contributed by atoms with van der Waals surface area (Å²) in [5.41, 5.74) is 1.64. The highest BCUT2D eigenvalue weighted by Crippen LogP contribution is 2.20. The molecule has 0 aliphatic heterocycles. The predicted octanol–water partition coefficient (Wildman–Crippen LogP) is 5.38. The van der Waals surface area contributed by atoms with Gasteiger partial charge in [-0.15, -0.1) is 0 Å². The second-order valence-electron chi connectivity index (χ2n) is 4.97. The van der Waals surface area contributed by atoms with Crippen LogP contribution in [0, 0.1) is 7.14 Å². The van der Waals surface area contributed by atoms with E-state index in [1.54, 1.807) is 36.4 Å². The Labute approximate surface area is 182 Å². The van der Waals surface area contributed by atoms with E-state index in [-0.39, 0.29) is 13.2 Å². The van der Waals surface area contributed by atoms with Gasteiger partial charge in [0.1, 0.15) is 19.6 Å². The topological polar surface area (TPSA) is 52.6 Å². The van der Waals surface area contributed by atoms with E-state index in [0.717, 1.165) is 18.3 Å². The summed E-state index contributed by atoms with van der Waals surface area (Å²) >= 11 is 16.0. The first-order valence-electron chi connectivity index (χ1n) is 7.04. The Kier molecular flexibility index (Phi) is 8.24. The van der Waals surface area contributed by atoms with E-state index >= 15 is 0 Å². The maximum Gasteiger partial charge on any atom is 0.317 e. The molecule has 0 fully saturated rings. The van der Waals surface area contributed by atoms with Crippen molar-refractivity contribution in [3.8, 4) is 0 Å². The van der Waals surface area contributed by atoms with Crippen LogP contribution >= 0.6 is 68.4 Å². The third-order valence-electron chi connectivity index (χ3n) is 3.10. The molecule has 0 saturated heterocycles. The molecule has 0 radical (unpaired) electrons. The first kappa shape index (κ1) is 20.7. The minimum absolute atomic E-state index is 0.0800. The van der Waals surface area contributed by atoms with Crippen molar-refractivity contribution in [1.29, 1.82) is 0 Å². The molecule has 4 nitrogen and oxygen atoms in total. The lowest BCUT2D eigenvalue weighted by atomic mass is 10.2. The lowest BCUT2D eigenvalue weighted by Crippen LogP contribution is -2.14. The second-order valence-corrected chi connectivity index (χ2v) is 8.17. The highest BCUT2D eigenvalue weighted by molar-refractivity contribution is 14.1. The van der Waals surface area contributed by atoms with E-state index < -0.39 is 18.4 Å². The Morgan fingerprint density at radius 2 is 1.20 bits per heavy atom. The SMILES string of the molecule is O=C(CC(=O)OCc1ccc(Cl)cc1I)OCc1ccc(Cl)cc1I. The molecule has 0 unspecified atom stereocenters. The molecular weight excluding hydrogens is 593 g/mol. The van der Waals surface area contributed by atoms with Gasteiger partial charge in [0.2, 0.25) is 0 Å². The van der Waals surface area contributed by atoms with Gasteiger partial charge in [0.05, 0.1) is 0 Å². The van der Waals surface area contributed by atoms with Crippen LogP contribution in [0.5, 0.6) is 0 Å². The minimum atomic E-state index is -0.637. The summed E-state index contributed by atoms with van der Waals surface area (Å²) in [4.78, 5) is 23.5. The fourth-order valence-electron chi connectivity index (χ4n) is 1.81. The summed E-state index contributed by atoms with van der Waals surface area (Å²) in [6.07, 6.45) is -0.436. The molecular formula is C17H12Cl2I2O4. The molecule has 0 saturated carbocycles. The summed E-state index contributed by atoms with van der Waals surface area (Å²) < 4.78 is 12.0. The van der Waals surface area contributed by atoms with Gasteiger partial charge < -0.3 is 9.47 Å². The average Bonchev–Trinajstić information content (AvgIpc) is 2.53. The zero-order valence-corrected chi connectivity index (χ0v) is 18.6. The van der Waals surface area contributed by atoms with Crippen LogP contribution < -0.4 is 0 Å². The van der Waals surface area contributed by atoms with Gasteiger partial charge in [0.25, 0.3) is 0 Å². The first-order valence-corrected chi connectivity index (χ1v) is 9.95. The van der Waals surface area contributed by atoms with Crippen molar-refractivity contribution in [1.82, 2.24) is 0 Å². The molecule has 8 heteroatoms. The van der Waals surface area contributed by atoms with Gasteiger partial charge in [-0.05, 0) is 69.4 Å². The van der Waals surface area contributed by atoms with Crippen molar-refractivity contribution in [2.75, 3.05) is 0 Å². The number of halogens is 4. The van der Waals surface area contributed by atoms with Crippen molar-refractivity contribution in [3.05, 3.63) is 64.7 Å². The first-order chi connectivity index (χ1) is 11.8. The van der Waals surface area contributed by atoms with Gasteiger partial charge in [-0.25, -0.2) is 0 Å². The highest BCUT2D eigenvalue weighted by Gasteiger charge is 2.14. The number of hydrogen-bond donors (Lipinski definition) is 0. The molecule has 2 aromatic carbocycles. The van der Waals surface area contributed by atoms with Crippen molar-refractivity contribution in [2.24, 2.45) is 0 Å². The molecule has 0 aromatic heterocycles. The maximum atomic E-state index is 11.8. The Bertz CT molecular complexity index is 731. The number of benzene rings is 2. The van der Waals surface area contributed by atoms with Crippen LogP contribution in [0.1, 0.15) is 17.5 Å². The number of rotatable bonds is 6. The van der Waals surface area contributed by atoms with Crippen LogP contribution in [-0.4, -0.2) is 11.9 Å². The van der Waals surface area contributed by atoms with E-state index in [1.165, 1.54) is 0 Å². The smallest absolute Gasteiger partial charge is 0.317 e. The maximum absolute atomic E-state index is 11.8. The molecule has 0 amide bonds. The van der Waals surface area contributed by atoms with E-state index in [0.29, 0.717) is 10.0 Å². The average molecular weight is 605 g/mol. The van der Waals surface area contributed by atoms with Gasteiger partial charge in [0.15, 0.2) is 0 Å². The largest absolute Gasteiger partial charge is 0.460 e. The van der Waals surface area contributed by atoms with Gasteiger partial charge in [-0.3, -0.25) is 9.59 Å². The third-order valence-corrected chi connectivity index (χ3v) is 5.57. The van der Waals surface area contributed by atoms with Crippen molar-refractivity contribution in [2.45, 2.75) is 19.6 Å². The Morgan fingerprint density at radius 3 is 1.56 bits per heavy atom. The number of hydrogen-bond acceptors (Lipinski definition) is 4. The molecule has 0 heterocycles. The zero-order valence-electron chi connectivity index (χ0n) is 12.7. The molecule has 0 spiro atoms. The van der Waals surface area contributed by atoms with Crippen LogP contribution in [-0.2, 0) is 32.3 Å². The van der Waals surface area contributed by atoms with Crippen LogP contribution in [0.3, 0.4) is 0 Å². The zero-order chi connectivity index (χ0) is 18.4. The molecule has 2 rings (SSSR count). The lowest BCUT2D eigenvalue weighted by molar-refractivity contribution is -0.156. The lowest BCUT2D eigenvalue weighted by Gasteiger charge is -2.08. The van der Waals surface area contributed by atoms with E-state index in [4.69, 9.17) is 32.7 Å². The monoisotopic (exact) mass is 604 g/mol. The molecule has 2 aromatic rings. The molecule has 0 bridgehead atoms. The van der Waals surface area contributed by atoms with E-state index in [1.807, 2.05) is 0 Å². The van der Waals surface area contributed by atoms with Gasteiger partial charge in [0, 0.05) is 28.3 Å². The number of esters is 2. The number of ether oxygens (including phenoxy) is 2. The van der Waals surface area contributed by atoms with Crippen LogP contribution in [0.2, 0.25) is 10.0 Å². The van der Waals surface area contributed by atoms with Crippen molar-refractivity contribution >= 4 is 80.3 Å². The fraction of sp³-hybridized carbons (Fsp3) is 0.176. The third kappa shape index (κ3) is 6.92. The Morgan fingerprint density at radius 1 is 0.800 bits per heavy atom. The van der Waals surface area contributed by atoms with Crippen LogP contribution in [0.25, 0.3) is 0 Å². The van der Waals surface area contributed by atoms with E-state index in [2.05, 4.69) is 45.2 Å². The molecule has 132 valence electrons. The standard InChI is InChI=1S/C17H12Cl2I2O4/c18-12-3-1-10(14(20)5-12)8-24-16(22)7-17(23)25-9-11-2-4-13(19)6-15(11)21/h1-6H,7-9H2. The summed E-state index contributed by atoms with van der Waals surface area (Å²) in [5, 5.41) is 1.22. The minimum Gasteiger partial charge on any atom is -0.460 e. The molecule has 25 heavy (non-hydrogen) atoms. The number of carbonyl (C=O) groups is 2. The normalized spacial score (nSPS) is 10.4. The molecule has 0 aliphatic rings. The highest BCUT2D eigenvalue weighted by atomic mass is 127. The van der Waals surface area contributed by atoms with E-state index in [9.17, 15) is 9.59 Å². The van der Waals surface area contributed by atoms with Crippen molar-refractivity contribution in [3.63, 3.8) is 0 Å². The quantitative estimate of drug-likeness (QED) is 0.253. The predicted molar refractivity (Wildman–Crippen MR) is 113 cm³/mol. The molecule has 0 atom stereocenters. The summed E-state index contributed by atoms with van der Waals surface area (Å²) in [6.45, 7) is 0.160. The number of carbonyl (C=O) groups excluding carboxylic acids is 2. The molecule has 0 N–H and O–H groups in total. The summed E-state index contributed by atoms with van der Waals surface area (Å²) in [6, 6.07) is 10.5. The molecule has 0 aliphatic carbocycles.